The van der Waals surface area contributed by atoms with Gasteiger partial charge in [-0.3, -0.25) is 0 Å². The Morgan fingerprint density at radius 1 is 0.846 bits per heavy atom. The first-order valence-corrected chi connectivity index (χ1v) is 4.13. The summed E-state index contributed by atoms with van der Waals surface area (Å²) in [5, 5.41) is 0. The fourth-order valence-corrected chi connectivity index (χ4v) is 1.21. The maximum absolute atomic E-state index is 5.49. The minimum atomic E-state index is 0.555. The van der Waals surface area contributed by atoms with Crippen molar-refractivity contribution in [3.63, 3.8) is 0 Å². The Hall–Kier alpha value is -1.83. The zero-order valence-electron chi connectivity index (χ0n) is 7.14. The molecule has 1 aromatic carbocycles. The van der Waals surface area contributed by atoms with E-state index in [2.05, 4.69) is 4.98 Å². The van der Waals surface area contributed by atoms with Crippen LogP contribution in [0.3, 0.4) is 0 Å². The summed E-state index contributed by atoms with van der Waals surface area (Å²) in [6.45, 7) is 0. The van der Waals surface area contributed by atoms with Crippen LogP contribution in [0, 0.1) is 0 Å². The van der Waals surface area contributed by atoms with E-state index in [-0.39, 0.29) is 0 Å². The second-order valence-electron chi connectivity index (χ2n) is 2.84. The lowest BCUT2D eigenvalue weighted by Crippen LogP contribution is -1.88. The highest BCUT2D eigenvalue weighted by atomic mass is 15.4. The van der Waals surface area contributed by atoms with Crippen molar-refractivity contribution < 1.29 is 0 Å². The Bertz CT molecular complexity index is 379. The Labute approximate surface area is 77.0 Å². The second-order valence-corrected chi connectivity index (χ2v) is 2.84. The largest absolute Gasteiger partial charge is 0.384 e. The third-order valence-corrected chi connectivity index (χ3v) is 1.89. The molecule has 0 unspecified atom stereocenters. The number of rotatable bonds is 1. The highest BCUT2D eigenvalue weighted by molar-refractivity contribution is 5.63. The molecule has 0 saturated carbocycles. The Morgan fingerprint density at radius 2 is 1.62 bits per heavy atom. The quantitative estimate of drug-likeness (QED) is 0.669. The first-order chi connectivity index (χ1) is 6.36. The Balaban J connectivity index is 2.42. The number of nitrogens with zero attached hydrogens (tertiary/aromatic N) is 1. The zero-order chi connectivity index (χ0) is 9.10. The monoisotopic (exact) mass is 171 g/mol. The van der Waals surface area contributed by atoms with Crippen molar-refractivity contribution in [3.8, 4) is 11.1 Å². The minimum absolute atomic E-state index is 0.555. The van der Waals surface area contributed by atoms with Gasteiger partial charge >= 0.3 is 0 Å². The van der Waals surface area contributed by atoms with Gasteiger partial charge in [0.05, 0.1) is 0 Å². The number of nitrogens with two attached hydrogens (primary N) is 1. The number of pyridine rings is 1. The lowest BCUT2D eigenvalue weighted by molar-refractivity contribution is 1.34. The third-order valence-electron chi connectivity index (χ3n) is 1.89. The molecule has 64 valence electrons. The summed E-state index contributed by atoms with van der Waals surface area (Å²) in [4.78, 5) is 4.03. The summed E-state index contributed by atoms with van der Waals surface area (Å²) in [7, 11) is 0. The van der Waals surface area contributed by atoms with Crippen LogP contribution in [-0.4, -0.2) is 4.98 Å². The van der Waals surface area contributed by atoms with Crippen molar-refractivity contribution in [3.05, 3.63) is 48.7 Å². The molecule has 2 aromatic rings. The summed E-state index contributed by atoms with van der Waals surface area (Å²) < 4.78 is 0. The lowest BCUT2D eigenvalue weighted by Gasteiger charge is -1.99. The molecule has 0 spiro atoms. The third kappa shape index (κ3) is 1.67. The van der Waals surface area contributed by atoms with Gasteiger partial charge in [-0.2, -0.15) is 0 Å². The molecule has 0 radical (unpaired) electrons. The van der Waals surface area contributed by atoms with Crippen molar-refractivity contribution in [2.75, 3.05) is 5.73 Å². The van der Waals surface area contributed by atoms with Crippen molar-refractivity contribution in [1.82, 2.24) is 4.98 Å². The van der Waals surface area contributed by atoms with Gasteiger partial charge in [-0.1, -0.05) is 30.3 Å². The number of nitrogen functional groups attached to an aromatic ring is 1. The van der Waals surface area contributed by atoms with E-state index in [1.165, 1.54) is 0 Å². The summed E-state index contributed by atoms with van der Waals surface area (Å²) >= 11 is 0. The van der Waals surface area contributed by atoms with Crippen molar-refractivity contribution in [1.29, 1.82) is 0 Å². The minimum Gasteiger partial charge on any atom is -0.384 e. The molecule has 0 aliphatic carbocycles. The van der Waals surface area contributed by atoms with Crippen LogP contribution in [-0.2, 0) is 0 Å². The van der Waals surface area contributed by atoms with Gasteiger partial charge < -0.3 is 5.73 Å². The zero-order valence-corrected chi connectivity index (χ0v) is 7.14. The van der Waals surface area contributed by atoms with E-state index < -0.39 is 0 Å². The Kier molecular flexibility index (Phi) is 1.96. The highest BCUT2D eigenvalue weighted by Crippen LogP contribution is 2.17. The van der Waals surface area contributed by atoms with Gasteiger partial charge in [0.1, 0.15) is 5.82 Å². The van der Waals surface area contributed by atoms with Gasteiger partial charge in [-0.15, -0.1) is 0 Å². The van der Waals surface area contributed by atoms with Gasteiger partial charge in [0.2, 0.25) is 0 Å². The van der Waals surface area contributed by atoms with E-state index in [1.807, 2.05) is 42.5 Å². The molecule has 2 rings (SSSR count). The van der Waals surface area contributed by atoms with Crippen LogP contribution in [0.4, 0.5) is 5.82 Å². The summed E-state index contributed by atoms with van der Waals surface area (Å²) in [6.07, 6.45) is 1.78. The molecule has 0 aliphatic heterocycles. The molecule has 0 amide bonds. The van der Waals surface area contributed by atoms with Gasteiger partial charge in [0.15, 0.2) is 0 Å². The van der Waals surface area contributed by atoms with Crippen LogP contribution >= 0.6 is 0 Å². The maximum atomic E-state index is 5.49. The van der Waals surface area contributed by atoms with Gasteiger partial charge in [-0.05, 0) is 17.7 Å². The van der Waals surface area contributed by atoms with Crippen molar-refractivity contribution in [2.45, 2.75) is 0 Å². The second kappa shape index (κ2) is 3.27. The predicted molar refractivity (Wildman–Crippen MR) is 54.1 cm³/mol. The van der Waals surface area contributed by atoms with Gasteiger partial charge in [-0.25, -0.2) is 4.98 Å². The molecule has 1 aromatic heterocycles. The van der Waals surface area contributed by atoms with Crippen LogP contribution in [0.15, 0.2) is 48.7 Å². The summed E-state index contributed by atoms with van der Waals surface area (Å²) in [5.41, 5.74) is 7.75. The standard InChI is InChI=1S/C11H10N2/c12-11-7-6-10(8-13-11)9-4-2-1-3-5-9/h1-8H,(H2,12,13)/i12+1. The molecule has 0 fully saturated rings. The van der Waals surface area contributed by atoms with E-state index in [9.17, 15) is 0 Å². The van der Waals surface area contributed by atoms with Crippen molar-refractivity contribution >= 4 is 5.82 Å². The molecule has 0 atom stereocenters. The average Bonchev–Trinajstić information content (AvgIpc) is 2.20. The fraction of sp³-hybridized carbons (Fsp3) is 0. The summed E-state index contributed by atoms with van der Waals surface area (Å²) in [5.74, 6) is 0.555. The first-order valence-electron chi connectivity index (χ1n) is 4.13. The molecular formula is C11H10N2. The Morgan fingerprint density at radius 3 is 2.23 bits per heavy atom. The van der Waals surface area contributed by atoms with E-state index in [0.29, 0.717) is 5.82 Å². The topological polar surface area (TPSA) is 38.9 Å². The van der Waals surface area contributed by atoms with Crippen LogP contribution in [0.2, 0.25) is 0 Å². The van der Waals surface area contributed by atoms with Crippen LogP contribution < -0.4 is 5.73 Å². The SMILES string of the molecule is [15NH2]c1ccc(-c2ccccc2)cn1. The smallest absolute Gasteiger partial charge is 0.123 e. The number of aromatic nitrogens is 1. The highest BCUT2D eigenvalue weighted by Gasteiger charge is 1.95. The van der Waals surface area contributed by atoms with E-state index in [4.69, 9.17) is 5.73 Å². The van der Waals surface area contributed by atoms with Crippen LogP contribution in [0.5, 0.6) is 0 Å². The van der Waals surface area contributed by atoms with Crippen LogP contribution in [0.25, 0.3) is 11.1 Å². The average molecular weight is 171 g/mol. The number of benzene rings is 1. The fourth-order valence-electron chi connectivity index (χ4n) is 1.21. The normalized spacial score (nSPS) is 9.85. The van der Waals surface area contributed by atoms with Crippen molar-refractivity contribution in [2.24, 2.45) is 0 Å². The number of hydrogen-bond acceptors (Lipinski definition) is 2. The molecule has 0 bridgehead atoms. The molecule has 0 aliphatic rings. The van der Waals surface area contributed by atoms with Crippen LogP contribution in [0.1, 0.15) is 0 Å². The summed E-state index contributed by atoms with van der Waals surface area (Å²) in [6, 6.07) is 13.9. The molecule has 13 heavy (non-hydrogen) atoms. The molecule has 2 N–H and O–H groups in total. The van der Waals surface area contributed by atoms with E-state index >= 15 is 0 Å². The van der Waals surface area contributed by atoms with Gasteiger partial charge in [0, 0.05) is 11.8 Å². The molecule has 0 saturated heterocycles. The van der Waals surface area contributed by atoms with E-state index in [0.717, 1.165) is 11.1 Å². The molecule has 2 heteroatoms. The number of hydrogen-bond donors (Lipinski definition) is 1. The predicted octanol–water partition coefficient (Wildman–Crippen LogP) is 2.33. The molecule has 1 heterocycles. The first kappa shape index (κ1) is 7.80. The molecule has 2 nitrogen and oxygen atoms in total. The van der Waals surface area contributed by atoms with E-state index in [1.54, 1.807) is 6.20 Å². The van der Waals surface area contributed by atoms with Gasteiger partial charge in [0.25, 0.3) is 0 Å². The maximum Gasteiger partial charge on any atom is 0.123 e. The number of anilines is 1. The lowest BCUT2D eigenvalue weighted by atomic mass is 10.1. The molecular weight excluding hydrogens is 161 g/mol.